The molecule has 3 heteroatoms. The van der Waals surface area contributed by atoms with Crippen LogP contribution in [-0.4, -0.2) is 30.5 Å². The Morgan fingerprint density at radius 3 is 0.828 bits per heavy atom. The Balaban J connectivity index is 0. The number of hydrogen-bond acceptors (Lipinski definition) is 1. The Labute approximate surface area is 191 Å². The highest BCUT2D eigenvalue weighted by Crippen LogP contribution is 2.15. The largest absolute Gasteiger partial charge is 1.00 e. The van der Waals surface area contributed by atoms with Crippen molar-refractivity contribution in [3.8, 4) is 0 Å². The minimum atomic E-state index is 0. The van der Waals surface area contributed by atoms with Gasteiger partial charge < -0.3 is 12.4 Å². The molecule has 0 aromatic heterocycles. The van der Waals surface area contributed by atoms with Gasteiger partial charge in [0, 0.05) is 0 Å². The molecule has 178 valence electrons. The highest BCUT2D eigenvalue weighted by Gasteiger charge is 2.08. The number of nitrogens with zero attached hydrogens (tertiary/aromatic N) is 1. The van der Waals surface area contributed by atoms with Crippen molar-refractivity contribution >= 4 is 0 Å². The Morgan fingerprint density at radius 2 is 0.621 bits per heavy atom. The van der Waals surface area contributed by atoms with Crippen LogP contribution in [0.1, 0.15) is 148 Å². The van der Waals surface area contributed by atoms with E-state index in [1.165, 1.54) is 135 Å². The number of rotatable bonds is 23. The zero-order chi connectivity index (χ0) is 20.8. The van der Waals surface area contributed by atoms with Crippen LogP contribution >= 0.6 is 0 Å². The fourth-order valence-electron chi connectivity index (χ4n) is 4.11. The predicted molar refractivity (Wildman–Crippen MR) is 126 cm³/mol. The van der Waals surface area contributed by atoms with Crippen LogP contribution in [0, 0.1) is 0 Å². The van der Waals surface area contributed by atoms with Gasteiger partial charge in [-0.1, -0.05) is 135 Å². The van der Waals surface area contributed by atoms with Crippen molar-refractivity contribution in [1.82, 2.24) is 0 Å². The summed E-state index contributed by atoms with van der Waals surface area (Å²) in [6, 6.07) is 0. The van der Waals surface area contributed by atoms with Crippen molar-refractivity contribution in [3.63, 3.8) is 0 Å². The van der Waals surface area contributed by atoms with Gasteiger partial charge in [0.15, 0.2) is 0 Å². The lowest BCUT2D eigenvalue weighted by Crippen LogP contribution is -3.00. The first-order valence-corrected chi connectivity index (χ1v) is 13.1. The Bertz CT molecular complexity index is 291. The SMILES string of the molecule is CCCCCCCCCCCCCCCCCCCCCCCC[N+](C)(C)O.[Cl-]. The molecule has 0 aromatic rings. The van der Waals surface area contributed by atoms with E-state index in [0.29, 0.717) is 0 Å². The zero-order valence-electron chi connectivity index (χ0n) is 20.5. The molecule has 0 aliphatic heterocycles. The van der Waals surface area contributed by atoms with Gasteiger partial charge in [-0.2, -0.15) is 4.65 Å². The molecule has 0 aliphatic rings. The molecule has 0 spiro atoms. The third-order valence-corrected chi connectivity index (χ3v) is 6.06. The molecule has 0 radical (unpaired) electrons. The lowest BCUT2D eigenvalue weighted by Gasteiger charge is -2.18. The van der Waals surface area contributed by atoms with Crippen LogP contribution in [0.3, 0.4) is 0 Å². The van der Waals surface area contributed by atoms with Crippen molar-refractivity contribution in [2.24, 2.45) is 0 Å². The molecule has 1 N–H and O–H groups in total. The van der Waals surface area contributed by atoms with Gasteiger partial charge in [0.2, 0.25) is 0 Å². The maximum Gasteiger partial charge on any atom is 0.108 e. The minimum absolute atomic E-state index is 0. The Hall–Kier alpha value is 0.210. The second kappa shape index (κ2) is 24.5. The molecule has 0 aromatic carbocycles. The standard InChI is InChI=1S/C26H56NO.ClH/c1-4-5-6-7-8-9-10-11-12-13-14-15-16-17-18-19-20-21-22-23-24-25-26-27(2,3)28;/h28H,4-26H2,1-3H3;1H/q+1;/p-1. The van der Waals surface area contributed by atoms with Gasteiger partial charge in [-0.15, -0.1) is 0 Å². The second-order valence-corrected chi connectivity index (χ2v) is 9.77. The van der Waals surface area contributed by atoms with Crippen LogP contribution in [0.4, 0.5) is 0 Å². The van der Waals surface area contributed by atoms with E-state index in [9.17, 15) is 5.21 Å². The molecule has 2 nitrogen and oxygen atoms in total. The van der Waals surface area contributed by atoms with Crippen molar-refractivity contribution in [2.45, 2.75) is 148 Å². The molecule has 0 fully saturated rings. The topological polar surface area (TPSA) is 20.2 Å². The number of hydrogen-bond donors (Lipinski definition) is 1. The molecular weight excluding hydrogens is 378 g/mol. The quantitative estimate of drug-likeness (QED) is 0.118. The summed E-state index contributed by atoms with van der Waals surface area (Å²) in [5.74, 6) is 0. The summed E-state index contributed by atoms with van der Waals surface area (Å²) < 4.78 is 0.124. The van der Waals surface area contributed by atoms with Crippen molar-refractivity contribution in [2.75, 3.05) is 20.6 Å². The molecule has 0 bridgehead atoms. The summed E-state index contributed by atoms with van der Waals surface area (Å²) in [5, 5.41) is 9.62. The highest BCUT2D eigenvalue weighted by atomic mass is 35.5. The Morgan fingerprint density at radius 1 is 0.414 bits per heavy atom. The molecule has 0 unspecified atom stereocenters. The zero-order valence-corrected chi connectivity index (χ0v) is 21.3. The van der Waals surface area contributed by atoms with E-state index in [0.717, 1.165) is 13.0 Å². The first-order valence-electron chi connectivity index (χ1n) is 13.1. The van der Waals surface area contributed by atoms with Crippen LogP contribution in [0.15, 0.2) is 0 Å². The van der Waals surface area contributed by atoms with Crippen molar-refractivity contribution in [3.05, 3.63) is 0 Å². The van der Waals surface area contributed by atoms with E-state index in [4.69, 9.17) is 0 Å². The summed E-state index contributed by atoms with van der Waals surface area (Å²) in [6.07, 6.45) is 31.4. The van der Waals surface area contributed by atoms with Gasteiger partial charge in [-0.3, -0.25) is 0 Å². The van der Waals surface area contributed by atoms with E-state index < -0.39 is 0 Å². The third kappa shape index (κ3) is 30.5. The number of hydroxylamine groups is 3. The number of unbranched alkanes of at least 4 members (excludes halogenated alkanes) is 21. The van der Waals surface area contributed by atoms with Gasteiger partial charge in [0.1, 0.15) is 6.54 Å². The first-order chi connectivity index (χ1) is 13.6. The molecule has 0 saturated carbocycles. The van der Waals surface area contributed by atoms with Crippen molar-refractivity contribution < 1.29 is 22.3 Å². The smallest absolute Gasteiger partial charge is 0.108 e. The van der Waals surface area contributed by atoms with E-state index in [2.05, 4.69) is 6.92 Å². The maximum atomic E-state index is 9.62. The molecule has 0 amide bonds. The summed E-state index contributed by atoms with van der Waals surface area (Å²) in [7, 11) is 3.72. The van der Waals surface area contributed by atoms with Crippen LogP contribution in [0.25, 0.3) is 0 Å². The van der Waals surface area contributed by atoms with Crippen LogP contribution < -0.4 is 12.4 Å². The van der Waals surface area contributed by atoms with Crippen LogP contribution in [0.5, 0.6) is 0 Å². The van der Waals surface area contributed by atoms with E-state index in [1.54, 1.807) is 0 Å². The lowest BCUT2D eigenvalue weighted by atomic mass is 10.0. The fraction of sp³-hybridized carbons (Fsp3) is 1.00. The summed E-state index contributed by atoms with van der Waals surface area (Å²) in [4.78, 5) is 0. The predicted octanol–water partition coefficient (Wildman–Crippen LogP) is 6.06. The minimum Gasteiger partial charge on any atom is -1.00 e. The van der Waals surface area contributed by atoms with E-state index in [1.807, 2.05) is 14.1 Å². The van der Waals surface area contributed by atoms with Crippen LogP contribution in [0.2, 0.25) is 0 Å². The fourth-order valence-corrected chi connectivity index (χ4v) is 4.11. The molecule has 0 rings (SSSR count). The second-order valence-electron chi connectivity index (χ2n) is 9.77. The molecular formula is C26H56ClNO. The highest BCUT2D eigenvalue weighted by molar-refractivity contribution is 4.51. The Kier molecular flexibility index (Phi) is 26.5. The average Bonchev–Trinajstić information content (AvgIpc) is 2.65. The molecule has 0 heterocycles. The summed E-state index contributed by atoms with van der Waals surface area (Å²) in [5.41, 5.74) is 0. The number of halogens is 1. The molecule has 0 atom stereocenters. The summed E-state index contributed by atoms with van der Waals surface area (Å²) in [6.45, 7) is 3.18. The van der Waals surface area contributed by atoms with Crippen LogP contribution in [-0.2, 0) is 0 Å². The maximum absolute atomic E-state index is 9.62. The average molecular weight is 434 g/mol. The molecule has 29 heavy (non-hydrogen) atoms. The van der Waals surface area contributed by atoms with Gasteiger partial charge in [-0.25, -0.2) is 5.21 Å². The van der Waals surface area contributed by atoms with Crippen molar-refractivity contribution in [1.29, 1.82) is 0 Å². The lowest BCUT2D eigenvalue weighted by molar-refractivity contribution is -1.07. The van der Waals surface area contributed by atoms with Gasteiger partial charge in [0.05, 0.1) is 14.1 Å². The van der Waals surface area contributed by atoms with Gasteiger partial charge in [-0.05, 0) is 12.8 Å². The van der Waals surface area contributed by atoms with E-state index >= 15 is 0 Å². The van der Waals surface area contributed by atoms with Gasteiger partial charge >= 0.3 is 0 Å². The normalized spacial score (nSPS) is 11.6. The monoisotopic (exact) mass is 433 g/mol. The van der Waals surface area contributed by atoms with Gasteiger partial charge in [0.25, 0.3) is 0 Å². The molecule has 0 saturated heterocycles. The summed E-state index contributed by atoms with van der Waals surface area (Å²) >= 11 is 0. The number of quaternary nitrogens is 1. The first kappa shape index (κ1) is 31.4. The molecule has 0 aliphatic carbocycles. The van der Waals surface area contributed by atoms with E-state index in [-0.39, 0.29) is 17.1 Å². The third-order valence-electron chi connectivity index (χ3n) is 6.06.